The zero-order valence-corrected chi connectivity index (χ0v) is 9.20. The Morgan fingerprint density at radius 2 is 2.50 bits per heavy atom. The van der Waals surface area contributed by atoms with Gasteiger partial charge in [-0.15, -0.1) is 22.9 Å². The van der Waals surface area contributed by atoms with Gasteiger partial charge in [-0.05, 0) is 12.8 Å². The maximum atomic E-state index is 10.9. The van der Waals surface area contributed by atoms with E-state index in [-0.39, 0.29) is 11.8 Å². The van der Waals surface area contributed by atoms with Crippen molar-refractivity contribution in [3.8, 4) is 0 Å². The van der Waals surface area contributed by atoms with E-state index in [0.29, 0.717) is 12.5 Å². The minimum absolute atomic E-state index is 0.0135. The van der Waals surface area contributed by atoms with Crippen molar-refractivity contribution in [3.63, 3.8) is 0 Å². The molecule has 14 heavy (non-hydrogen) atoms. The number of carbonyl (C=O) groups excluding carboxylic acids is 1. The molecule has 76 valence electrons. The minimum Gasteiger partial charge on any atom is -0.349 e. The second kappa shape index (κ2) is 4.28. The maximum absolute atomic E-state index is 10.9. The van der Waals surface area contributed by atoms with Gasteiger partial charge in [0.25, 0.3) is 0 Å². The van der Waals surface area contributed by atoms with Crippen LogP contribution in [0.2, 0.25) is 0 Å². The summed E-state index contributed by atoms with van der Waals surface area (Å²) in [5.41, 5.74) is 0.940. The molecule has 1 aromatic rings. The van der Waals surface area contributed by atoms with E-state index < -0.39 is 0 Å². The Kier molecular flexibility index (Phi) is 3.03. The van der Waals surface area contributed by atoms with Crippen LogP contribution in [-0.2, 0) is 11.3 Å². The number of aromatic nitrogens is 1. The van der Waals surface area contributed by atoms with Crippen molar-refractivity contribution in [2.75, 3.05) is 5.88 Å². The number of nitrogens with one attached hydrogen (secondary N) is 1. The van der Waals surface area contributed by atoms with Crippen molar-refractivity contribution in [2.24, 2.45) is 0 Å². The van der Waals surface area contributed by atoms with E-state index in [4.69, 9.17) is 11.6 Å². The fourth-order valence-electron chi connectivity index (χ4n) is 1.16. The molecule has 0 atom stereocenters. The molecule has 1 heterocycles. The number of carbonyl (C=O) groups is 1. The summed E-state index contributed by atoms with van der Waals surface area (Å²) in [7, 11) is 0. The average molecular weight is 231 g/mol. The summed E-state index contributed by atoms with van der Waals surface area (Å²) >= 11 is 7.04. The van der Waals surface area contributed by atoms with Crippen LogP contribution in [0.3, 0.4) is 0 Å². The van der Waals surface area contributed by atoms with E-state index in [1.54, 1.807) is 11.3 Å². The first-order valence-electron chi connectivity index (χ1n) is 4.56. The van der Waals surface area contributed by atoms with Crippen molar-refractivity contribution >= 4 is 28.8 Å². The second-order valence-corrected chi connectivity index (χ2v) is 4.52. The predicted molar refractivity (Wildman–Crippen MR) is 56.7 cm³/mol. The molecule has 1 aliphatic carbocycles. The largest absolute Gasteiger partial charge is 0.349 e. The molecule has 1 amide bonds. The number of hydrogen-bond acceptors (Lipinski definition) is 3. The summed E-state index contributed by atoms with van der Waals surface area (Å²) in [6.07, 6.45) is 2.53. The lowest BCUT2D eigenvalue weighted by atomic mass is 10.4. The zero-order chi connectivity index (χ0) is 9.97. The Morgan fingerprint density at radius 1 is 1.71 bits per heavy atom. The van der Waals surface area contributed by atoms with E-state index in [0.717, 1.165) is 5.69 Å². The molecule has 2 rings (SSSR count). The summed E-state index contributed by atoms with van der Waals surface area (Å²) in [6, 6.07) is 0. The van der Waals surface area contributed by atoms with E-state index in [1.807, 2.05) is 5.38 Å². The first-order chi connectivity index (χ1) is 6.79. The van der Waals surface area contributed by atoms with Crippen molar-refractivity contribution < 1.29 is 4.79 Å². The van der Waals surface area contributed by atoms with Gasteiger partial charge in [-0.25, -0.2) is 4.98 Å². The highest BCUT2D eigenvalue weighted by atomic mass is 35.5. The molecule has 3 nitrogen and oxygen atoms in total. The highest BCUT2D eigenvalue weighted by Crippen LogP contribution is 2.41. The van der Waals surface area contributed by atoms with Crippen LogP contribution < -0.4 is 5.32 Å². The molecule has 0 spiro atoms. The SMILES string of the molecule is O=C(CCl)NCc1csc(C2CC2)n1. The molecule has 1 saturated carbocycles. The van der Waals surface area contributed by atoms with E-state index in [1.165, 1.54) is 17.8 Å². The normalized spacial score (nSPS) is 15.5. The van der Waals surface area contributed by atoms with Gasteiger partial charge >= 0.3 is 0 Å². The molecule has 1 aliphatic rings. The highest BCUT2D eigenvalue weighted by Gasteiger charge is 2.26. The summed E-state index contributed by atoms with van der Waals surface area (Å²) in [4.78, 5) is 15.3. The molecular weight excluding hydrogens is 220 g/mol. The van der Waals surface area contributed by atoms with Crippen LogP contribution in [0.4, 0.5) is 0 Å². The van der Waals surface area contributed by atoms with Gasteiger partial charge in [0.2, 0.25) is 5.91 Å². The van der Waals surface area contributed by atoms with Gasteiger partial charge in [-0.3, -0.25) is 4.79 Å². The van der Waals surface area contributed by atoms with Gasteiger partial charge in [0.05, 0.1) is 17.2 Å². The lowest BCUT2D eigenvalue weighted by Crippen LogP contribution is -2.23. The Bertz CT molecular complexity index is 335. The zero-order valence-electron chi connectivity index (χ0n) is 7.62. The Labute approximate surface area is 91.5 Å². The van der Waals surface area contributed by atoms with Gasteiger partial charge in [-0.2, -0.15) is 0 Å². The highest BCUT2D eigenvalue weighted by molar-refractivity contribution is 7.09. The van der Waals surface area contributed by atoms with E-state index in [2.05, 4.69) is 10.3 Å². The summed E-state index contributed by atoms with van der Waals surface area (Å²) in [6.45, 7) is 0.495. The van der Waals surface area contributed by atoms with Crippen LogP contribution in [0.1, 0.15) is 29.5 Å². The van der Waals surface area contributed by atoms with Gasteiger partial charge in [-0.1, -0.05) is 0 Å². The van der Waals surface area contributed by atoms with E-state index in [9.17, 15) is 4.79 Å². The smallest absolute Gasteiger partial charge is 0.235 e. The average Bonchev–Trinajstić information content (AvgIpc) is 2.95. The standard InChI is InChI=1S/C9H11ClN2OS/c10-3-8(13)11-4-7-5-14-9(12-7)6-1-2-6/h5-6H,1-4H2,(H,11,13). The number of hydrogen-bond donors (Lipinski definition) is 1. The monoisotopic (exact) mass is 230 g/mol. The molecule has 0 unspecified atom stereocenters. The Balaban J connectivity index is 1.86. The van der Waals surface area contributed by atoms with Crippen LogP contribution in [-0.4, -0.2) is 16.8 Å². The molecule has 0 radical (unpaired) electrons. The van der Waals surface area contributed by atoms with Gasteiger partial charge in [0.1, 0.15) is 5.88 Å². The molecule has 5 heteroatoms. The van der Waals surface area contributed by atoms with Crippen LogP contribution in [0.5, 0.6) is 0 Å². The molecule has 1 fully saturated rings. The van der Waals surface area contributed by atoms with Crippen molar-refractivity contribution in [1.82, 2.24) is 10.3 Å². The van der Waals surface area contributed by atoms with Gasteiger partial charge < -0.3 is 5.32 Å². The molecular formula is C9H11ClN2OS. The third-order valence-electron chi connectivity index (χ3n) is 2.08. The summed E-state index contributed by atoms with van der Waals surface area (Å²) in [5.74, 6) is 0.560. The molecule has 0 aromatic carbocycles. The number of amides is 1. The van der Waals surface area contributed by atoms with Crippen LogP contribution >= 0.6 is 22.9 Å². The van der Waals surface area contributed by atoms with Crippen LogP contribution in [0.25, 0.3) is 0 Å². The first-order valence-corrected chi connectivity index (χ1v) is 5.98. The first kappa shape index (κ1) is 9.93. The molecule has 0 bridgehead atoms. The minimum atomic E-state index is -0.146. The topological polar surface area (TPSA) is 42.0 Å². The number of alkyl halides is 1. The molecule has 0 saturated heterocycles. The third-order valence-corrected chi connectivity index (χ3v) is 3.38. The second-order valence-electron chi connectivity index (χ2n) is 3.36. The summed E-state index contributed by atoms with van der Waals surface area (Å²) in [5, 5.41) is 5.91. The lowest BCUT2D eigenvalue weighted by molar-refractivity contribution is -0.118. The Morgan fingerprint density at radius 3 is 3.14 bits per heavy atom. The van der Waals surface area contributed by atoms with Gasteiger partial charge in [0, 0.05) is 11.3 Å². The summed E-state index contributed by atoms with van der Waals surface area (Å²) < 4.78 is 0. The number of nitrogens with zero attached hydrogens (tertiary/aromatic N) is 1. The van der Waals surface area contributed by atoms with E-state index >= 15 is 0 Å². The van der Waals surface area contributed by atoms with Crippen molar-refractivity contribution in [1.29, 1.82) is 0 Å². The fraction of sp³-hybridized carbons (Fsp3) is 0.556. The maximum Gasteiger partial charge on any atom is 0.235 e. The van der Waals surface area contributed by atoms with Gasteiger partial charge in [0.15, 0.2) is 0 Å². The number of rotatable bonds is 4. The third kappa shape index (κ3) is 2.45. The van der Waals surface area contributed by atoms with Crippen molar-refractivity contribution in [3.05, 3.63) is 16.1 Å². The number of halogens is 1. The molecule has 0 aliphatic heterocycles. The van der Waals surface area contributed by atoms with Crippen molar-refractivity contribution in [2.45, 2.75) is 25.3 Å². The molecule has 1 N–H and O–H groups in total. The lowest BCUT2D eigenvalue weighted by Gasteiger charge is -1.98. The molecule has 1 aromatic heterocycles. The fourth-order valence-corrected chi connectivity index (χ4v) is 2.24. The van der Waals surface area contributed by atoms with Crippen LogP contribution in [0.15, 0.2) is 5.38 Å². The Hall–Kier alpha value is -0.610. The van der Waals surface area contributed by atoms with Crippen LogP contribution in [0, 0.1) is 0 Å². The quantitative estimate of drug-likeness (QED) is 0.803. The number of thiazole rings is 1. The predicted octanol–water partition coefficient (Wildman–Crippen LogP) is 1.88.